The molecule has 4 nitrogen and oxygen atoms in total. The Morgan fingerprint density at radius 1 is 1.25 bits per heavy atom. The summed E-state index contributed by atoms with van der Waals surface area (Å²) in [6, 6.07) is 1.93. The summed E-state index contributed by atoms with van der Waals surface area (Å²) in [6.45, 7) is 0.690. The van der Waals surface area contributed by atoms with Crippen molar-refractivity contribution in [2.75, 3.05) is 17.3 Å². The van der Waals surface area contributed by atoms with Crippen LogP contribution in [-0.2, 0) is 6.18 Å². The number of anilines is 2. The van der Waals surface area contributed by atoms with Gasteiger partial charge in [-0.05, 0) is 49.1 Å². The molecule has 1 aromatic rings. The number of hydrogen-bond donors (Lipinski definition) is 3. The van der Waals surface area contributed by atoms with Crippen LogP contribution in [-0.4, -0.2) is 11.5 Å². The van der Waals surface area contributed by atoms with Crippen LogP contribution in [0.2, 0.25) is 0 Å². The van der Waals surface area contributed by atoms with Crippen molar-refractivity contribution in [2.24, 2.45) is 17.2 Å². The predicted octanol–water partition coefficient (Wildman–Crippen LogP) is 2.99. The van der Waals surface area contributed by atoms with Gasteiger partial charge in [0.05, 0.1) is 5.56 Å². The molecular formula is C13H17F3N4. The Morgan fingerprint density at radius 2 is 1.90 bits per heavy atom. The Kier molecular flexibility index (Phi) is 3.04. The molecule has 0 aliphatic heterocycles. The minimum absolute atomic E-state index is 0.0126. The third-order valence-electron chi connectivity index (χ3n) is 4.26. The highest BCUT2D eigenvalue weighted by molar-refractivity contribution is 5.49. The molecular weight excluding hydrogens is 269 g/mol. The van der Waals surface area contributed by atoms with Gasteiger partial charge in [0.15, 0.2) is 0 Å². The first-order chi connectivity index (χ1) is 9.43. The summed E-state index contributed by atoms with van der Waals surface area (Å²) in [5.41, 5.74) is 1.72. The number of hydrazine groups is 1. The molecule has 0 atom stereocenters. The van der Waals surface area contributed by atoms with E-state index in [0.29, 0.717) is 12.0 Å². The molecule has 0 saturated heterocycles. The quantitative estimate of drug-likeness (QED) is 0.575. The van der Waals surface area contributed by atoms with Crippen LogP contribution in [0.3, 0.4) is 0 Å². The molecule has 3 rings (SSSR count). The van der Waals surface area contributed by atoms with Crippen LogP contribution in [0.25, 0.3) is 0 Å². The molecule has 0 unspecified atom stereocenters. The number of aromatic nitrogens is 1. The van der Waals surface area contributed by atoms with E-state index in [2.05, 4.69) is 15.7 Å². The number of nitrogens with two attached hydrogens (primary N) is 1. The third-order valence-corrected chi connectivity index (χ3v) is 4.26. The van der Waals surface area contributed by atoms with Crippen LogP contribution in [0.4, 0.5) is 24.8 Å². The van der Waals surface area contributed by atoms with Gasteiger partial charge in [0.25, 0.3) is 0 Å². The lowest BCUT2D eigenvalue weighted by Crippen LogP contribution is -2.19. The van der Waals surface area contributed by atoms with Crippen LogP contribution in [0.15, 0.2) is 12.1 Å². The van der Waals surface area contributed by atoms with Gasteiger partial charge >= 0.3 is 6.18 Å². The lowest BCUT2D eigenvalue weighted by atomic mass is 10.0. The zero-order chi connectivity index (χ0) is 14.4. The lowest BCUT2D eigenvalue weighted by Gasteiger charge is -2.17. The van der Waals surface area contributed by atoms with E-state index >= 15 is 0 Å². The van der Waals surface area contributed by atoms with E-state index in [-0.39, 0.29) is 11.6 Å². The summed E-state index contributed by atoms with van der Waals surface area (Å²) in [5.74, 6) is 6.15. The Balaban J connectivity index is 1.75. The average Bonchev–Trinajstić information content (AvgIpc) is 3.27. The molecule has 0 spiro atoms. The minimum Gasteiger partial charge on any atom is -0.369 e. The van der Waals surface area contributed by atoms with E-state index in [9.17, 15) is 13.2 Å². The number of pyridine rings is 1. The van der Waals surface area contributed by atoms with Crippen molar-refractivity contribution < 1.29 is 13.2 Å². The number of nitrogen functional groups attached to an aromatic ring is 1. The topological polar surface area (TPSA) is 63.0 Å². The second kappa shape index (κ2) is 4.51. The first kappa shape index (κ1) is 13.5. The molecule has 0 radical (unpaired) electrons. The molecule has 0 aromatic carbocycles. The minimum atomic E-state index is -4.40. The van der Waals surface area contributed by atoms with Gasteiger partial charge in [-0.25, -0.2) is 10.8 Å². The molecule has 2 aliphatic rings. The smallest absolute Gasteiger partial charge is 0.369 e. The van der Waals surface area contributed by atoms with Crippen molar-refractivity contribution in [3.63, 3.8) is 0 Å². The molecule has 1 aromatic heterocycles. The normalized spacial score (nSPS) is 20.6. The third kappa shape index (κ3) is 2.67. The van der Waals surface area contributed by atoms with Gasteiger partial charge in [0.1, 0.15) is 11.6 Å². The van der Waals surface area contributed by atoms with Crippen molar-refractivity contribution in [1.82, 2.24) is 4.98 Å². The largest absolute Gasteiger partial charge is 0.416 e. The zero-order valence-electron chi connectivity index (χ0n) is 10.9. The van der Waals surface area contributed by atoms with Gasteiger partial charge in [0.2, 0.25) is 0 Å². The molecule has 110 valence electrons. The second-order valence-corrected chi connectivity index (χ2v) is 5.76. The molecule has 4 N–H and O–H groups in total. The Labute approximate surface area is 114 Å². The maximum Gasteiger partial charge on any atom is 0.416 e. The van der Waals surface area contributed by atoms with Crippen molar-refractivity contribution in [2.45, 2.75) is 31.9 Å². The highest BCUT2D eigenvalue weighted by atomic mass is 19.4. The number of nitrogens with one attached hydrogen (secondary N) is 2. The van der Waals surface area contributed by atoms with Gasteiger partial charge in [-0.2, -0.15) is 13.2 Å². The highest BCUT2D eigenvalue weighted by Crippen LogP contribution is 2.61. The summed E-state index contributed by atoms with van der Waals surface area (Å²) in [4.78, 5) is 4.03. The number of rotatable bonds is 5. The fraction of sp³-hybridized carbons (Fsp3) is 0.615. The molecule has 2 fully saturated rings. The molecule has 0 bridgehead atoms. The van der Waals surface area contributed by atoms with Crippen LogP contribution in [0.1, 0.15) is 31.2 Å². The maximum atomic E-state index is 12.8. The summed E-state index contributed by atoms with van der Waals surface area (Å²) in [5, 5.41) is 3.05. The molecule has 0 amide bonds. The van der Waals surface area contributed by atoms with Crippen LogP contribution >= 0.6 is 0 Å². The summed E-state index contributed by atoms with van der Waals surface area (Å²) < 4.78 is 38.4. The predicted molar refractivity (Wildman–Crippen MR) is 69.9 cm³/mol. The van der Waals surface area contributed by atoms with E-state index < -0.39 is 11.7 Å². The van der Waals surface area contributed by atoms with E-state index in [1.54, 1.807) is 0 Å². The van der Waals surface area contributed by atoms with Crippen molar-refractivity contribution in [3.05, 3.63) is 17.7 Å². The monoisotopic (exact) mass is 286 g/mol. The highest BCUT2D eigenvalue weighted by Gasteiger charge is 2.53. The number of halogens is 3. The Hall–Kier alpha value is -1.50. The lowest BCUT2D eigenvalue weighted by molar-refractivity contribution is -0.137. The summed E-state index contributed by atoms with van der Waals surface area (Å²) >= 11 is 0. The van der Waals surface area contributed by atoms with Crippen molar-refractivity contribution >= 4 is 11.6 Å². The molecule has 2 saturated carbocycles. The Morgan fingerprint density at radius 3 is 2.40 bits per heavy atom. The summed E-state index contributed by atoms with van der Waals surface area (Å²) in [6.07, 6.45) is 0.399. The fourth-order valence-corrected chi connectivity index (χ4v) is 2.71. The van der Waals surface area contributed by atoms with Gasteiger partial charge < -0.3 is 10.7 Å². The molecule has 20 heavy (non-hydrogen) atoms. The van der Waals surface area contributed by atoms with E-state index in [1.165, 1.54) is 12.8 Å². The first-order valence-electron chi connectivity index (χ1n) is 6.73. The van der Waals surface area contributed by atoms with Gasteiger partial charge in [-0.15, -0.1) is 0 Å². The van der Waals surface area contributed by atoms with Crippen LogP contribution < -0.4 is 16.6 Å². The van der Waals surface area contributed by atoms with Gasteiger partial charge in [-0.1, -0.05) is 0 Å². The van der Waals surface area contributed by atoms with E-state index in [0.717, 1.165) is 30.9 Å². The SMILES string of the molecule is NNc1cc(C(F)(F)F)cc(NCC2(C3CC3)CC2)n1. The number of hydrogen-bond acceptors (Lipinski definition) is 4. The molecule has 2 aliphatic carbocycles. The maximum absolute atomic E-state index is 12.8. The van der Waals surface area contributed by atoms with E-state index in [1.807, 2.05) is 0 Å². The molecule has 1 heterocycles. The van der Waals surface area contributed by atoms with Crippen molar-refractivity contribution in [1.29, 1.82) is 0 Å². The fourth-order valence-electron chi connectivity index (χ4n) is 2.71. The Bertz CT molecular complexity index is 507. The summed E-state index contributed by atoms with van der Waals surface area (Å²) in [7, 11) is 0. The number of alkyl halides is 3. The van der Waals surface area contributed by atoms with Crippen LogP contribution in [0.5, 0.6) is 0 Å². The standard InChI is InChI=1S/C13H17F3N4/c14-13(15,16)9-5-10(19-11(6-9)20-17)18-7-12(3-4-12)8-1-2-8/h5-6,8H,1-4,7,17H2,(H2,18,19,20). The van der Waals surface area contributed by atoms with Crippen LogP contribution in [0, 0.1) is 11.3 Å². The zero-order valence-corrected chi connectivity index (χ0v) is 10.9. The van der Waals surface area contributed by atoms with Gasteiger partial charge in [0, 0.05) is 6.54 Å². The van der Waals surface area contributed by atoms with E-state index in [4.69, 9.17) is 5.84 Å². The first-order valence-corrected chi connectivity index (χ1v) is 6.73. The number of nitrogens with zero attached hydrogens (tertiary/aromatic N) is 1. The average molecular weight is 286 g/mol. The molecule has 7 heteroatoms. The second-order valence-electron chi connectivity index (χ2n) is 5.76. The van der Waals surface area contributed by atoms with Gasteiger partial charge in [-0.3, -0.25) is 0 Å². The van der Waals surface area contributed by atoms with Crippen molar-refractivity contribution in [3.8, 4) is 0 Å².